The molecule has 0 aliphatic heterocycles. The zero-order valence-corrected chi connectivity index (χ0v) is 12.2. The maximum atomic E-state index is 11.8. The Morgan fingerprint density at radius 3 is 2.33 bits per heavy atom. The molecule has 1 aromatic carbocycles. The molecule has 0 bridgehead atoms. The van der Waals surface area contributed by atoms with Crippen LogP contribution in [0.4, 0.5) is 0 Å². The van der Waals surface area contributed by atoms with E-state index in [-0.39, 0.29) is 5.91 Å². The van der Waals surface area contributed by atoms with Crippen LogP contribution >= 0.6 is 15.9 Å². The van der Waals surface area contributed by atoms with Gasteiger partial charge in [-0.3, -0.25) is 4.79 Å². The Labute approximate surface area is 115 Å². The van der Waals surface area contributed by atoms with Crippen molar-refractivity contribution in [2.24, 2.45) is 0 Å². The number of hydrogen-bond donors (Lipinski definition) is 0. The highest BCUT2D eigenvalue weighted by atomic mass is 79.9. The van der Waals surface area contributed by atoms with Gasteiger partial charge in [0.1, 0.15) is 0 Å². The number of benzene rings is 1. The molecule has 1 rings (SSSR count). The third kappa shape index (κ3) is 3.32. The van der Waals surface area contributed by atoms with Crippen molar-refractivity contribution in [3.63, 3.8) is 0 Å². The van der Waals surface area contributed by atoms with Gasteiger partial charge >= 0.3 is 5.97 Å². The Balaban J connectivity index is 3.09. The summed E-state index contributed by atoms with van der Waals surface area (Å²) in [7, 11) is 2.92. The van der Waals surface area contributed by atoms with Crippen molar-refractivity contribution in [3.8, 4) is 0 Å². The first-order valence-corrected chi connectivity index (χ1v) is 6.39. The van der Waals surface area contributed by atoms with Crippen LogP contribution in [0.1, 0.15) is 24.9 Å². The van der Waals surface area contributed by atoms with Gasteiger partial charge < -0.3 is 9.64 Å². The first kappa shape index (κ1) is 14.7. The third-order valence-corrected chi connectivity index (χ3v) is 3.22. The van der Waals surface area contributed by atoms with Crippen LogP contribution in [0.3, 0.4) is 0 Å². The summed E-state index contributed by atoms with van der Waals surface area (Å²) in [4.78, 5) is 25.0. The van der Waals surface area contributed by atoms with E-state index in [9.17, 15) is 9.59 Å². The SMILES string of the molecule is CCC(=O)N(C)C(C(=O)OC)c1ccc(Br)cc1. The largest absolute Gasteiger partial charge is 0.467 e. The third-order valence-electron chi connectivity index (χ3n) is 2.69. The molecule has 0 saturated carbocycles. The summed E-state index contributed by atoms with van der Waals surface area (Å²) in [6.07, 6.45) is 0.348. The van der Waals surface area contributed by atoms with Gasteiger partial charge in [-0.05, 0) is 17.7 Å². The van der Waals surface area contributed by atoms with E-state index in [1.807, 2.05) is 12.1 Å². The van der Waals surface area contributed by atoms with Gasteiger partial charge in [0.15, 0.2) is 6.04 Å². The summed E-state index contributed by atoms with van der Waals surface area (Å²) in [6, 6.07) is 6.55. The number of nitrogens with zero attached hydrogens (tertiary/aromatic N) is 1. The Morgan fingerprint density at radius 1 is 1.33 bits per heavy atom. The molecule has 0 saturated heterocycles. The standard InChI is InChI=1S/C13H16BrNO3/c1-4-11(16)15(2)12(13(17)18-3)9-5-7-10(14)8-6-9/h5-8,12H,4H2,1-3H3. The summed E-state index contributed by atoms with van der Waals surface area (Å²) in [6.45, 7) is 1.76. The minimum Gasteiger partial charge on any atom is -0.467 e. The maximum Gasteiger partial charge on any atom is 0.333 e. The average Bonchev–Trinajstić information content (AvgIpc) is 2.39. The summed E-state index contributed by atoms with van der Waals surface area (Å²) in [5.41, 5.74) is 0.731. The van der Waals surface area contributed by atoms with Gasteiger partial charge in [0.25, 0.3) is 0 Å². The highest BCUT2D eigenvalue weighted by Gasteiger charge is 2.28. The van der Waals surface area contributed by atoms with Crippen LogP contribution in [0, 0.1) is 0 Å². The number of carbonyl (C=O) groups excluding carboxylic acids is 2. The van der Waals surface area contributed by atoms with Crippen molar-refractivity contribution < 1.29 is 14.3 Å². The predicted octanol–water partition coefficient (Wildman–Crippen LogP) is 2.53. The van der Waals surface area contributed by atoms with E-state index in [4.69, 9.17) is 4.74 Å². The lowest BCUT2D eigenvalue weighted by Crippen LogP contribution is -2.36. The van der Waals surface area contributed by atoms with Gasteiger partial charge in [-0.25, -0.2) is 4.79 Å². The molecule has 0 aliphatic rings. The minimum absolute atomic E-state index is 0.103. The Kier molecular flexibility index (Phi) is 5.34. The molecule has 0 fully saturated rings. The molecule has 98 valence electrons. The van der Waals surface area contributed by atoms with Crippen molar-refractivity contribution in [1.82, 2.24) is 4.90 Å². The lowest BCUT2D eigenvalue weighted by molar-refractivity contribution is -0.152. The molecule has 0 aromatic heterocycles. The lowest BCUT2D eigenvalue weighted by Gasteiger charge is -2.26. The van der Waals surface area contributed by atoms with Gasteiger partial charge in [-0.1, -0.05) is 35.0 Å². The van der Waals surface area contributed by atoms with E-state index in [1.165, 1.54) is 12.0 Å². The molecule has 1 unspecified atom stereocenters. The molecule has 0 heterocycles. The normalized spacial score (nSPS) is 11.8. The smallest absolute Gasteiger partial charge is 0.333 e. The van der Waals surface area contributed by atoms with E-state index < -0.39 is 12.0 Å². The quantitative estimate of drug-likeness (QED) is 0.802. The van der Waals surface area contributed by atoms with Crippen molar-refractivity contribution in [2.75, 3.05) is 14.2 Å². The predicted molar refractivity (Wildman–Crippen MR) is 72.0 cm³/mol. The van der Waals surface area contributed by atoms with Crippen LogP contribution in [0.5, 0.6) is 0 Å². The highest BCUT2D eigenvalue weighted by molar-refractivity contribution is 9.10. The molecule has 5 heteroatoms. The number of rotatable bonds is 4. The molecule has 18 heavy (non-hydrogen) atoms. The van der Waals surface area contributed by atoms with Crippen molar-refractivity contribution in [3.05, 3.63) is 34.3 Å². The molecular weight excluding hydrogens is 298 g/mol. The van der Waals surface area contributed by atoms with Crippen LogP contribution in [0.15, 0.2) is 28.7 Å². The fourth-order valence-corrected chi connectivity index (χ4v) is 1.93. The van der Waals surface area contributed by atoms with Crippen LogP contribution in [0.25, 0.3) is 0 Å². The molecular formula is C13H16BrNO3. The van der Waals surface area contributed by atoms with E-state index in [0.717, 1.165) is 10.0 Å². The maximum absolute atomic E-state index is 11.8. The molecule has 0 aliphatic carbocycles. The van der Waals surface area contributed by atoms with Crippen LogP contribution in [0.2, 0.25) is 0 Å². The van der Waals surface area contributed by atoms with Crippen LogP contribution in [-0.2, 0) is 14.3 Å². The van der Waals surface area contributed by atoms with Gasteiger partial charge in [0.2, 0.25) is 5.91 Å². The summed E-state index contributed by atoms with van der Waals surface area (Å²) >= 11 is 3.33. The second kappa shape index (κ2) is 6.54. The number of hydrogen-bond acceptors (Lipinski definition) is 3. The first-order valence-electron chi connectivity index (χ1n) is 5.60. The van der Waals surface area contributed by atoms with Gasteiger partial charge in [-0.2, -0.15) is 0 Å². The highest BCUT2D eigenvalue weighted by Crippen LogP contribution is 2.23. The van der Waals surface area contributed by atoms with Gasteiger partial charge in [0, 0.05) is 17.9 Å². The summed E-state index contributed by atoms with van der Waals surface area (Å²) in [5, 5.41) is 0. The molecule has 1 amide bonds. The van der Waals surface area contributed by atoms with E-state index in [0.29, 0.717) is 6.42 Å². The number of esters is 1. The van der Waals surface area contributed by atoms with Gasteiger partial charge in [0.05, 0.1) is 7.11 Å². The number of carbonyl (C=O) groups is 2. The summed E-state index contributed by atoms with van der Waals surface area (Å²) in [5.74, 6) is -0.546. The Morgan fingerprint density at radius 2 is 1.89 bits per heavy atom. The molecule has 1 aromatic rings. The fraction of sp³-hybridized carbons (Fsp3) is 0.385. The number of methoxy groups -OCH3 is 1. The van der Waals surface area contributed by atoms with Crippen LogP contribution < -0.4 is 0 Å². The Hall–Kier alpha value is -1.36. The van der Waals surface area contributed by atoms with E-state index in [1.54, 1.807) is 26.1 Å². The van der Waals surface area contributed by atoms with Crippen molar-refractivity contribution >= 4 is 27.8 Å². The summed E-state index contributed by atoms with van der Waals surface area (Å²) < 4.78 is 5.68. The first-order chi connectivity index (χ1) is 8.51. The second-order valence-electron chi connectivity index (χ2n) is 3.84. The molecule has 4 nitrogen and oxygen atoms in total. The van der Waals surface area contributed by atoms with E-state index >= 15 is 0 Å². The molecule has 1 atom stereocenters. The molecule has 0 radical (unpaired) electrons. The fourth-order valence-electron chi connectivity index (χ4n) is 1.67. The monoisotopic (exact) mass is 313 g/mol. The topological polar surface area (TPSA) is 46.6 Å². The molecule has 0 N–H and O–H groups in total. The Bertz CT molecular complexity index is 430. The number of likely N-dealkylation sites (N-methyl/N-ethyl adjacent to an activating group) is 1. The van der Waals surface area contributed by atoms with Crippen molar-refractivity contribution in [1.29, 1.82) is 0 Å². The number of amides is 1. The van der Waals surface area contributed by atoms with Gasteiger partial charge in [-0.15, -0.1) is 0 Å². The number of halogens is 1. The van der Waals surface area contributed by atoms with Crippen LogP contribution in [-0.4, -0.2) is 30.9 Å². The number of ether oxygens (including phenoxy) is 1. The zero-order chi connectivity index (χ0) is 13.7. The lowest BCUT2D eigenvalue weighted by atomic mass is 10.1. The minimum atomic E-state index is -0.699. The van der Waals surface area contributed by atoms with E-state index in [2.05, 4.69) is 15.9 Å². The second-order valence-corrected chi connectivity index (χ2v) is 4.75. The average molecular weight is 314 g/mol. The zero-order valence-electron chi connectivity index (χ0n) is 10.6. The van der Waals surface area contributed by atoms with Crippen molar-refractivity contribution in [2.45, 2.75) is 19.4 Å². The molecule has 0 spiro atoms.